The van der Waals surface area contributed by atoms with Crippen molar-refractivity contribution in [2.24, 2.45) is 17.8 Å². The van der Waals surface area contributed by atoms with Gasteiger partial charge in [-0.25, -0.2) is 4.39 Å². The number of carbonyl (C=O) groups excluding carboxylic acids is 1. The molecular weight excluding hydrogens is 750 g/mol. The second-order valence-corrected chi connectivity index (χ2v) is 17.9. The number of likely N-dealkylation sites (N-methyl/N-ethyl adjacent to an activating group) is 1. The van der Waals surface area contributed by atoms with E-state index in [0.717, 1.165) is 4.31 Å². The number of aliphatic hydroxyl groups excluding tert-OH is 2. The van der Waals surface area contributed by atoms with Crippen molar-refractivity contribution in [2.45, 2.75) is 141 Å². The Morgan fingerprint density at radius 3 is 2.25 bits per heavy atom. The topological polar surface area (TPSA) is 196 Å². The molecule has 2 aliphatic heterocycles. The number of hydrogen-bond donors (Lipinski definition) is 6. The van der Waals surface area contributed by atoms with Gasteiger partial charge in [-0.2, -0.15) is 12.7 Å². The Hall–Kier alpha value is -2.93. The number of para-hydroxylation sites is 1. The number of hydrogen-bond acceptors (Lipinski definition) is 12. The molecule has 0 radical (unpaired) electrons. The van der Waals surface area contributed by atoms with Gasteiger partial charge >= 0.3 is 16.2 Å². The van der Waals surface area contributed by atoms with Crippen LogP contribution in [0.5, 0.6) is 5.75 Å². The van der Waals surface area contributed by atoms with Crippen LogP contribution in [0.15, 0.2) is 54.6 Å². The third-order valence-electron chi connectivity index (χ3n) is 11.2. The third-order valence-corrected chi connectivity index (χ3v) is 12.8. The molecule has 56 heavy (non-hydrogen) atoms. The smallest absolute Gasteiger partial charge is 0.311 e. The van der Waals surface area contributed by atoms with Gasteiger partial charge in [0.05, 0.1) is 35.9 Å². The van der Waals surface area contributed by atoms with Crippen LogP contribution in [0.2, 0.25) is 0 Å². The van der Waals surface area contributed by atoms with Crippen LogP contribution in [0.25, 0.3) is 0 Å². The van der Waals surface area contributed by atoms with Gasteiger partial charge in [0, 0.05) is 24.7 Å². The summed E-state index contributed by atoms with van der Waals surface area (Å²) in [4.78, 5) is 13.6. The minimum atomic E-state index is -4.20. The molecule has 14 atom stereocenters. The lowest BCUT2D eigenvalue weighted by Gasteiger charge is -2.47. The first-order valence-corrected chi connectivity index (χ1v) is 20.8. The predicted molar refractivity (Wildman–Crippen MR) is 208 cm³/mol. The molecule has 0 amide bonds. The normalized spacial score (nSPS) is 38.2. The minimum Gasteiger partial charge on any atom is -0.483 e. The Balaban J connectivity index is 1.76. The summed E-state index contributed by atoms with van der Waals surface area (Å²) in [5, 5.41) is 50.0. The quantitative estimate of drug-likeness (QED) is 0.202. The maximum absolute atomic E-state index is 14.0. The van der Waals surface area contributed by atoms with Gasteiger partial charge in [-0.1, -0.05) is 39.0 Å². The van der Waals surface area contributed by atoms with Crippen molar-refractivity contribution in [3.8, 4) is 5.75 Å². The van der Waals surface area contributed by atoms with E-state index in [9.17, 15) is 38.0 Å². The van der Waals surface area contributed by atoms with Crippen LogP contribution in [0.1, 0.15) is 74.7 Å². The molecule has 2 fully saturated rings. The summed E-state index contributed by atoms with van der Waals surface area (Å²) in [5.41, 5.74) is -3.21. The monoisotopic (exact) mass is 811 g/mol. The highest BCUT2D eigenvalue weighted by atomic mass is 32.2. The number of ether oxygens (including phenoxy) is 4. The van der Waals surface area contributed by atoms with Crippen molar-refractivity contribution in [1.29, 1.82) is 0 Å². The number of carbonyl (C=O) groups is 1. The molecule has 2 aromatic rings. The summed E-state index contributed by atoms with van der Waals surface area (Å²) in [5.74, 6) is -3.56. The molecule has 0 spiro atoms. The van der Waals surface area contributed by atoms with Crippen LogP contribution >= 0.6 is 0 Å². The summed E-state index contributed by atoms with van der Waals surface area (Å²) in [6, 6.07) is 12.0. The molecule has 0 bridgehead atoms. The maximum atomic E-state index is 14.0. The Kier molecular flexibility index (Phi) is 15.3. The van der Waals surface area contributed by atoms with E-state index in [1.807, 2.05) is 6.92 Å². The van der Waals surface area contributed by atoms with Crippen molar-refractivity contribution >= 4 is 21.9 Å². The fourth-order valence-corrected chi connectivity index (χ4v) is 9.04. The molecule has 0 aromatic heterocycles. The Labute approximate surface area is 330 Å². The number of rotatable bonds is 9. The first-order valence-electron chi connectivity index (χ1n) is 19.4. The first kappa shape index (κ1) is 45.8. The molecular formula is C40H62FN3O11S. The Morgan fingerprint density at radius 1 is 1.02 bits per heavy atom. The number of nitrogens with one attached hydrogen (secondary N) is 2. The number of nitrogens with zero attached hydrogens (tertiary/aromatic N) is 1. The summed E-state index contributed by atoms with van der Waals surface area (Å²) in [6.45, 7) is 13.4. The van der Waals surface area contributed by atoms with E-state index < -0.39 is 100 Å². The molecule has 0 aliphatic carbocycles. The molecule has 0 unspecified atom stereocenters. The highest BCUT2D eigenvalue weighted by Gasteiger charge is 2.51. The van der Waals surface area contributed by atoms with E-state index in [1.54, 1.807) is 65.0 Å². The maximum Gasteiger partial charge on any atom is 0.311 e. The van der Waals surface area contributed by atoms with Gasteiger partial charge < -0.3 is 44.7 Å². The van der Waals surface area contributed by atoms with Gasteiger partial charge in [0.1, 0.15) is 29.4 Å². The summed E-state index contributed by atoms with van der Waals surface area (Å²) < 4.78 is 70.6. The van der Waals surface area contributed by atoms with Gasteiger partial charge in [0.25, 0.3) is 0 Å². The lowest BCUT2D eigenvalue weighted by molar-refractivity contribution is -0.293. The minimum absolute atomic E-state index is 0.0990. The van der Waals surface area contributed by atoms with Crippen LogP contribution in [-0.2, 0) is 29.2 Å². The molecule has 2 saturated heterocycles. The lowest BCUT2D eigenvalue weighted by Crippen LogP contribution is -2.62. The zero-order chi connectivity index (χ0) is 41.7. The average molecular weight is 812 g/mol. The molecule has 16 heteroatoms. The fourth-order valence-electron chi connectivity index (χ4n) is 7.90. The van der Waals surface area contributed by atoms with Crippen molar-refractivity contribution < 1.29 is 57.0 Å². The molecule has 14 nitrogen and oxygen atoms in total. The van der Waals surface area contributed by atoms with Crippen LogP contribution < -0.4 is 14.8 Å². The third kappa shape index (κ3) is 11.0. The van der Waals surface area contributed by atoms with E-state index in [2.05, 4.69) is 10.0 Å². The highest BCUT2D eigenvalue weighted by Crippen LogP contribution is 2.38. The number of cyclic esters (lactones) is 1. The largest absolute Gasteiger partial charge is 0.483 e. The van der Waals surface area contributed by atoms with Crippen LogP contribution in [-0.4, -0.2) is 119 Å². The highest BCUT2D eigenvalue weighted by molar-refractivity contribution is 7.90. The van der Waals surface area contributed by atoms with Gasteiger partial charge in [-0.3, -0.25) is 9.52 Å². The van der Waals surface area contributed by atoms with Gasteiger partial charge in [0.2, 0.25) is 0 Å². The lowest BCUT2D eigenvalue weighted by atomic mass is 9.78. The zero-order valence-corrected chi connectivity index (χ0v) is 34.6. The van der Waals surface area contributed by atoms with E-state index in [1.165, 1.54) is 45.2 Å². The van der Waals surface area contributed by atoms with E-state index in [-0.39, 0.29) is 30.9 Å². The Morgan fingerprint density at radius 2 is 1.64 bits per heavy atom. The number of aliphatic hydroxyl groups is 4. The molecule has 4 rings (SSSR count). The van der Waals surface area contributed by atoms with Gasteiger partial charge in [-0.15, -0.1) is 0 Å². The van der Waals surface area contributed by atoms with E-state index >= 15 is 0 Å². The van der Waals surface area contributed by atoms with Crippen LogP contribution in [0.4, 0.5) is 10.1 Å². The zero-order valence-electron chi connectivity index (χ0n) is 33.8. The van der Waals surface area contributed by atoms with E-state index in [0.29, 0.717) is 12.2 Å². The number of esters is 1. The molecule has 316 valence electrons. The second kappa shape index (κ2) is 18.8. The fraction of sp³-hybridized carbons (Fsp3) is 0.675. The number of benzene rings is 2. The molecule has 0 saturated carbocycles. The first-order chi connectivity index (χ1) is 26.1. The van der Waals surface area contributed by atoms with Crippen LogP contribution in [0, 0.1) is 23.6 Å². The van der Waals surface area contributed by atoms with Crippen molar-refractivity contribution in [1.82, 2.24) is 9.62 Å². The average Bonchev–Trinajstić information content (AvgIpc) is 3.14. The van der Waals surface area contributed by atoms with Gasteiger partial charge in [-0.05, 0) is 103 Å². The predicted octanol–water partition coefficient (Wildman–Crippen LogP) is 3.59. The summed E-state index contributed by atoms with van der Waals surface area (Å²) in [6.07, 6.45) is -7.88. The SMILES string of the molecule is CC[C@H]1OC(=O)[C@H](C)[C@@H](O)[C@H](C)[C@@H](O[C@@H]2O[C@H](C)C[C@H](N(C)S(=O)(=O)Nc3ccccc3)[C@H]2Oc2ccc(F)cc2)[C@](C)(O)C[C@@H](C)CN[C@H](C)[C@@H](O)[C@]1(C)O. The number of anilines is 1. The van der Waals surface area contributed by atoms with Crippen molar-refractivity contribution in [3.63, 3.8) is 0 Å². The second-order valence-electron chi connectivity index (χ2n) is 16.2. The molecule has 2 aromatic carbocycles. The van der Waals surface area contributed by atoms with Crippen LogP contribution in [0.3, 0.4) is 0 Å². The molecule has 6 N–H and O–H groups in total. The molecule has 2 heterocycles. The standard InChI is InChI=1S/C40H62FN3O11S/c1-10-32-40(8,49)35(46)27(6)42-22-23(2)21-39(7,48)36(25(4)33(45)26(5)37(47)54-32)55-38-34(53-30-18-16-28(41)17-19-30)31(20-24(3)52-38)44(9)56(50,51)43-29-14-12-11-13-15-29/h11-19,23-27,31-36,38,42-43,45-46,48-49H,10,20-22H2,1-9H3/t23-,24-,25+,26-,27-,31+,32-,33+,34-,35-,36-,38+,39-,40-/m1/s1. The van der Waals surface area contributed by atoms with E-state index in [4.69, 9.17) is 18.9 Å². The summed E-state index contributed by atoms with van der Waals surface area (Å²) in [7, 11) is -2.80. The number of halogens is 1. The van der Waals surface area contributed by atoms with Crippen molar-refractivity contribution in [3.05, 3.63) is 60.4 Å². The molecule has 2 aliphatic rings. The Bertz CT molecular complexity index is 1670. The summed E-state index contributed by atoms with van der Waals surface area (Å²) >= 11 is 0. The van der Waals surface area contributed by atoms with Crippen molar-refractivity contribution in [2.75, 3.05) is 18.3 Å². The van der Waals surface area contributed by atoms with Gasteiger partial charge in [0.15, 0.2) is 12.4 Å².